The molecule has 0 spiro atoms. The lowest BCUT2D eigenvalue weighted by atomic mass is 9.93. The second-order valence-corrected chi connectivity index (χ2v) is 9.20. The summed E-state index contributed by atoms with van der Waals surface area (Å²) in [6.45, 7) is 8.26. The van der Waals surface area contributed by atoms with Crippen molar-refractivity contribution < 1.29 is 4.39 Å². The first kappa shape index (κ1) is 22.3. The Kier molecular flexibility index (Phi) is 5.70. The average molecular weight is 471 g/mol. The number of benzene rings is 2. The Hall–Kier alpha value is -3.51. The maximum atomic E-state index is 14.1. The summed E-state index contributed by atoms with van der Waals surface area (Å²) in [4.78, 5) is 6.78. The first-order chi connectivity index (χ1) is 16.4. The Bertz CT molecular complexity index is 1360. The monoisotopic (exact) mass is 470 g/mol. The van der Waals surface area contributed by atoms with Crippen LogP contribution in [0.15, 0.2) is 72.9 Å². The minimum Gasteiger partial charge on any atom is -0.351 e. The van der Waals surface area contributed by atoms with Gasteiger partial charge in [-0.05, 0) is 93.5 Å². The van der Waals surface area contributed by atoms with Gasteiger partial charge in [0, 0.05) is 34.5 Å². The summed E-state index contributed by atoms with van der Waals surface area (Å²) in [5.41, 5.74) is 8.25. The number of thiocarbonyl (C=S) groups is 1. The molecule has 1 N–H and O–H groups in total. The number of nitrogens with zero attached hydrogens (tertiary/aromatic N) is 3. The number of nitrogens with one attached hydrogen (secondary N) is 1. The maximum absolute atomic E-state index is 14.1. The molecule has 34 heavy (non-hydrogen) atoms. The largest absolute Gasteiger partial charge is 0.351 e. The SMILES string of the molecule is Cc1cc(N2C(=S)N[C@H](c3ccccn3)[C@@H]2c2c(C)c(C)n(-c3ccccc3)c2C)ccc1F. The van der Waals surface area contributed by atoms with Crippen LogP contribution in [0.1, 0.15) is 45.9 Å². The maximum Gasteiger partial charge on any atom is 0.174 e. The standard InChI is InChI=1S/C28H27FN4S/c1-17-16-22(13-14-23(17)29)33-27(26(31-28(33)34)24-12-8-9-15-30-24)25-18(2)19(3)32(20(25)4)21-10-6-5-7-11-21/h5-16,26-27H,1-4H3,(H,31,34)/t26-,27+/m1/s1. The molecule has 4 nitrogen and oxygen atoms in total. The van der Waals surface area contributed by atoms with Crippen molar-refractivity contribution in [3.05, 3.63) is 113 Å². The predicted octanol–water partition coefficient (Wildman–Crippen LogP) is 6.42. The highest BCUT2D eigenvalue weighted by Crippen LogP contribution is 2.45. The van der Waals surface area contributed by atoms with Gasteiger partial charge < -0.3 is 14.8 Å². The number of hydrogen-bond acceptors (Lipinski definition) is 2. The number of halogens is 1. The van der Waals surface area contributed by atoms with Crippen LogP contribution in [0.5, 0.6) is 0 Å². The third kappa shape index (κ3) is 3.59. The molecule has 0 aliphatic carbocycles. The van der Waals surface area contributed by atoms with Gasteiger partial charge in [0.2, 0.25) is 0 Å². The topological polar surface area (TPSA) is 33.1 Å². The molecule has 0 bridgehead atoms. The van der Waals surface area contributed by atoms with E-state index < -0.39 is 0 Å². The van der Waals surface area contributed by atoms with E-state index >= 15 is 0 Å². The normalized spacial score (nSPS) is 17.8. The number of anilines is 1. The number of pyridine rings is 1. The first-order valence-corrected chi connectivity index (χ1v) is 11.8. The molecule has 5 rings (SSSR count). The zero-order valence-corrected chi connectivity index (χ0v) is 20.5. The Morgan fingerprint density at radius 2 is 1.62 bits per heavy atom. The Balaban J connectivity index is 1.74. The lowest BCUT2D eigenvalue weighted by Gasteiger charge is -2.29. The van der Waals surface area contributed by atoms with Crippen molar-refractivity contribution >= 4 is 23.0 Å². The van der Waals surface area contributed by atoms with E-state index in [1.54, 1.807) is 13.0 Å². The smallest absolute Gasteiger partial charge is 0.174 e. The van der Waals surface area contributed by atoms with Crippen molar-refractivity contribution in [2.75, 3.05) is 4.90 Å². The Morgan fingerprint density at radius 1 is 0.882 bits per heavy atom. The highest BCUT2D eigenvalue weighted by atomic mass is 32.1. The second kappa shape index (κ2) is 8.69. The molecule has 1 fully saturated rings. The first-order valence-electron chi connectivity index (χ1n) is 11.4. The minimum absolute atomic E-state index is 0.143. The Labute approximate surface area is 205 Å². The van der Waals surface area contributed by atoms with Gasteiger partial charge in [0.25, 0.3) is 0 Å². The van der Waals surface area contributed by atoms with Gasteiger partial charge >= 0.3 is 0 Å². The lowest BCUT2D eigenvalue weighted by Crippen LogP contribution is -2.30. The summed E-state index contributed by atoms with van der Waals surface area (Å²) in [6, 6.07) is 21.2. The van der Waals surface area contributed by atoms with Gasteiger partial charge in [-0.25, -0.2) is 4.39 Å². The second-order valence-electron chi connectivity index (χ2n) is 8.81. The van der Waals surface area contributed by atoms with E-state index in [-0.39, 0.29) is 17.9 Å². The zero-order valence-electron chi connectivity index (χ0n) is 19.7. The Morgan fingerprint density at radius 3 is 2.29 bits per heavy atom. The number of hydrogen-bond donors (Lipinski definition) is 1. The summed E-state index contributed by atoms with van der Waals surface area (Å²) < 4.78 is 16.4. The van der Waals surface area contributed by atoms with Crippen LogP contribution in [-0.4, -0.2) is 14.7 Å². The fourth-order valence-electron chi connectivity index (χ4n) is 5.11. The molecule has 0 saturated carbocycles. The molecule has 172 valence electrons. The van der Waals surface area contributed by atoms with Gasteiger partial charge in [0.05, 0.1) is 17.8 Å². The summed E-state index contributed by atoms with van der Waals surface area (Å²) >= 11 is 5.86. The van der Waals surface area contributed by atoms with Crippen molar-refractivity contribution in [3.8, 4) is 5.69 Å². The van der Waals surface area contributed by atoms with Crippen molar-refractivity contribution in [1.82, 2.24) is 14.9 Å². The number of aromatic nitrogens is 2. The van der Waals surface area contributed by atoms with Crippen molar-refractivity contribution in [2.45, 2.75) is 39.8 Å². The number of aryl methyl sites for hydroxylation is 1. The fraction of sp³-hybridized carbons (Fsp3) is 0.214. The van der Waals surface area contributed by atoms with E-state index in [4.69, 9.17) is 12.2 Å². The van der Waals surface area contributed by atoms with Gasteiger partial charge in [-0.2, -0.15) is 0 Å². The average Bonchev–Trinajstić information content (AvgIpc) is 3.29. The van der Waals surface area contributed by atoms with Crippen LogP contribution >= 0.6 is 12.2 Å². The van der Waals surface area contributed by atoms with Crippen LogP contribution in [0.4, 0.5) is 10.1 Å². The summed E-state index contributed by atoms with van der Waals surface area (Å²) in [5, 5.41) is 4.12. The molecule has 0 radical (unpaired) electrons. The molecule has 0 amide bonds. The van der Waals surface area contributed by atoms with Crippen LogP contribution in [0.2, 0.25) is 0 Å². The molecule has 1 aliphatic rings. The van der Waals surface area contributed by atoms with Crippen LogP contribution in [0, 0.1) is 33.5 Å². The predicted molar refractivity (Wildman–Crippen MR) is 139 cm³/mol. The van der Waals surface area contributed by atoms with Gasteiger partial charge in [0.15, 0.2) is 5.11 Å². The van der Waals surface area contributed by atoms with E-state index in [2.05, 4.69) is 64.8 Å². The lowest BCUT2D eigenvalue weighted by molar-refractivity contribution is 0.563. The highest BCUT2D eigenvalue weighted by Gasteiger charge is 2.43. The van der Waals surface area contributed by atoms with E-state index in [1.807, 2.05) is 36.5 Å². The quantitative estimate of drug-likeness (QED) is 0.349. The zero-order chi connectivity index (χ0) is 24.0. The molecule has 2 atom stereocenters. The molecule has 1 aliphatic heterocycles. The molecule has 4 aromatic rings. The number of rotatable bonds is 4. The third-order valence-electron chi connectivity index (χ3n) is 6.84. The highest BCUT2D eigenvalue weighted by molar-refractivity contribution is 7.80. The molecule has 2 aromatic carbocycles. The molecule has 6 heteroatoms. The van der Waals surface area contributed by atoms with Crippen LogP contribution in [0.25, 0.3) is 5.69 Å². The summed E-state index contributed by atoms with van der Waals surface area (Å²) in [6.07, 6.45) is 1.81. The van der Waals surface area contributed by atoms with Gasteiger partial charge in [-0.1, -0.05) is 24.3 Å². The van der Waals surface area contributed by atoms with Gasteiger partial charge in [-0.15, -0.1) is 0 Å². The minimum atomic E-state index is -0.224. The molecule has 0 unspecified atom stereocenters. The van der Waals surface area contributed by atoms with Crippen molar-refractivity contribution in [1.29, 1.82) is 0 Å². The number of para-hydroxylation sites is 1. The summed E-state index contributed by atoms with van der Waals surface area (Å²) in [5.74, 6) is -0.224. The van der Waals surface area contributed by atoms with E-state index in [9.17, 15) is 4.39 Å². The third-order valence-corrected chi connectivity index (χ3v) is 7.15. The van der Waals surface area contributed by atoms with Crippen molar-refractivity contribution in [3.63, 3.8) is 0 Å². The molecular weight excluding hydrogens is 443 g/mol. The molecule has 2 aromatic heterocycles. The fourth-order valence-corrected chi connectivity index (χ4v) is 5.46. The molecule has 3 heterocycles. The van der Waals surface area contributed by atoms with Crippen LogP contribution in [-0.2, 0) is 0 Å². The van der Waals surface area contributed by atoms with E-state index in [0.717, 1.165) is 22.8 Å². The van der Waals surface area contributed by atoms with Gasteiger partial charge in [-0.3, -0.25) is 4.98 Å². The van der Waals surface area contributed by atoms with Crippen molar-refractivity contribution in [2.24, 2.45) is 0 Å². The van der Waals surface area contributed by atoms with Crippen LogP contribution in [0.3, 0.4) is 0 Å². The van der Waals surface area contributed by atoms with E-state index in [1.165, 1.54) is 22.9 Å². The van der Waals surface area contributed by atoms with E-state index in [0.29, 0.717) is 10.7 Å². The van der Waals surface area contributed by atoms with Gasteiger partial charge in [0.1, 0.15) is 5.82 Å². The summed E-state index contributed by atoms with van der Waals surface area (Å²) in [7, 11) is 0. The molecule has 1 saturated heterocycles. The van der Waals surface area contributed by atoms with Crippen LogP contribution < -0.4 is 10.2 Å². The molecular formula is C28H27FN4S.